The molecular formula is C10H22O6S. The highest BCUT2D eigenvalue weighted by atomic mass is 32.2. The Balaban J connectivity index is 4.85. The number of rotatable bonds is 6. The Morgan fingerprint density at radius 1 is 0.941 bits per heavy atom. The van der Waals surface area contributed by atoms with Gasteiger partial charge in [0.1, 0.15) is 11.2 Å². The van der Waals surface area contributed by atoms with Crippen LogP contribution in [-0.2, 0) is 9.84 Å². The summed E-state index contributed by atoms with van der Waals surface area (Å²) in [6, 6.07) is 0. The zero-order valence-electron chi connectivity index (χ0n) is 10.6. The Labute approximate surface area is 102 Å². The quantitative estimate of drug-likeness (QED) is 0.475. The summed E-state index contributed by atoms with van der Waals surface area (Å²) in [5, 5.41) is 37.8. The van der Waals surface area contributed by atoms with E-state index >= 15 is 0 Å². The highest BCUT2D eigenvalue weighted by molar-refractivity contribution is 7.91. The molecule has 17 heavy (non-hydrogen) atoms. The molecular weight excluding hydrogens is 248 g/mol. The molecule has 0 bridgehead atoms. The van der Waals surface area contributed by atoms with Crippen LogP contribution in [0.25, 0.3) is 0 Å². The van der Waals surface area contributed by atoms with Crippen LogP contribution in [0.5, 0.6) is 0 Å². The SMILES string of the molecule is CC(O)C(C)(O)CS(=O)(=O)CC(C)(O)C(C)O. The van der Waals surface area contributed by atoms with E-state index in [0.717, 1.165) is 0 Å². The fraction of sp³-hybridized carbons (Fsp3) is 1.00. The fourth-order valence-corrected chi connectivity index (χ4v) is 3.55. The maximum Gasteiger partial charge on any atom is 0.156 e. The minimum Gasteiger partial charge on any atom is -0.390 e. The van der Waals surface area contributed by atoms with Gasteiger partial charge in [0.15, 0.2) is 9.84 Å². The van der Waals surface area contributed by atoms with Gasteiger partial charge in [0.25, 0.3) is 0 Å². The van der Waals surface area contributed by atoms with Crippen molar-refractivity contribution >= 4 is 9.84 Å². The van der Waals surface area contributed by atoms with E-state index in [9.17, 15) is 28.8 Å². The predicted molar refractivity (Wildman–Crippen MR) is 63.3 cm³/mol. The summed E-state index contributed by atoms with van der Waals surface area (Å²) < 4.78 is 23.5. The van der Waals surface area contributed by atoms with Crippen molar-refractivity contribution in [2.75, 3.05) is 11.5 Å². The van der Waals surface area contributed by atoms with Gasteiger partial charge >= 0.3 is 0 Å². The fourth-order valence-electron chi connectivity index (χ4n) is 1.18. The monoisotopic (exact) mass is 270 g/mol. The molecule has 4 atom stereocenters. The molecule has 0 spiro atoms. The molecule has 0 saturated carbocycles. The molecule has 0 aromatic rings. The molecule has 0 aliphatic carbocycles. The summed E-state index contributed by atoms with van der Waals surface area (Å²) in [5.74, 6) is -1.36. The standard InChI is InChI=1S/C10H22O6S/c1-7(11)9(3,13)5-17(15,16)6-10(4,14)8(2)12/h7-8,11-14H,5-6H2,1-4H3. The van der Waals surface area contributed by atoms with E-state index in [0.29, 0.717) is 0 Å². The van der Waals surface area contributed by atoms with Gasteiger partial charge in [-0.2, -0.15) is 0 Å². The van der Waals surface area contributed by atoms with Crippen LogP contribution in [0.15, 0.2) is 0 Å². The third-order valence-corrected chi connectivity index (χ3v) is 4.87. The third kappa shape index (κ3) is 5.31. The lowest BCUT2D eigenvalue weighted by atomic mass is 10.0. The Bertz CT molecular complexity index is 314. The van der Waals surface area contributed by atoms with Gasteiger partial charge in [-0.25, -0.2) is 8.42 Å². The van der Waals surface area contributed by atoms with Gasteiger partial charge in [-0.1, -0.05) is 0 Å². The zero-order valence-corrected chi connectivity index (χ0v) is 11.4. The molecule has 0 fully saturated rings. The van der Waals surface area contributed by atoms with E-state index < -0.39 is 44.8 Å². The minimum absolute atomic E-state index is 0.680. The van der Waals surface area contributed by atoms with Crippen molar-refractivity contribution in [3.8, 4) is 0 Å². The lowest BCUT2D eigenvalue weighted by Crippen LogP contribution is -2.49. The number of sulfone groups is 1. The van der Waals surface area contributed by atoms with Crippen molar-refractivity contribution in [1.29, 1.82) is 0 Å². The third-order valence-electron chi connectivity index (χ3n) is 2.82. The average molecular weight is 270 g/mol. The smallest absolute Gasteiger partial charge is 0.156 e. The van der Waals surface area contributed by atoms with Crippen LogP contribution in [-0.4, -0.2) is 63.8 Å². The van der Waals surface area contributed by atoms with Gasteiger partial charge in [0.05, 0.1) is 23.7 Å². The normalized spacial score (nSPS) is 23.5. The molecule has 7 heteroatoms. The van der Waals surface area contributed by atoms with Crippen molar-refractivity contribution in [3.05, 3.63) is 0 Å². The van der Waals surface area contributed by atoms with Gasteiger partial charge in [-0.15, -0.1) is 0 Å². The summed E-state index contributed by atoms with van der Waals surface area (Å²) >= 11 is 0. The minimum atomic E-state index is -3.81. The maximum absolute atomic E-state index is 11.7. The first-order valence-corrected chi connectivity index (χ1v) is 7.13. The van der Waals surface area contributed by atoms with Crippen molar-refractivity contribution in [1.82, 2.24) is 0 Å². The number of aliphatic hydroxyl groups excluding tert-OH is 2. The molecule has 0 amide bonds. The Morgan fingerprint density at radius 3 is 1.35 bits per heavy atom. The van der Waals surface area contributed by atoms with Crippen LogP contribution < -0.4 is 0 Å². The van der Waals surface area contributed by atoms with E-state index in [1.807, 2.05) is 0 Å². The lowest BCUT2D eigenvalue weighted by Gasteiger charge is -2.30. The molecule has 104 valence electrons. The van der Waals surface area contributed by atoms with Crippen LogP contribution in [0.4, 0.5) is 0 Å². The second-order valence-corrected chi connectivity index (χ2v) is 7.16. The Morgan fingerprint density at radius 2 is 1.18 bits per heavy atom. The van der Waals surface area contributed by atoms with Crippen LogP contribution in [0.3, 0.4) is 0 Å². The molecule has 0 aliphatic rings. The predicted octanol–water partition coefficient (Wildman–Crippen LogP) is -1.34. The van der Waals surface area contributed by atoms with Gasteiger partial charge < -0.3 is 20.4 Å². The van der Waals surface area contributed by atoms with E-state index in [1.165, 1.54) is 27.7 Å². The Hall–Kier alpha value is -0.210. The van der Waals surface area contributed by atoms with E-state index in [1.54, 1.807) is 0 Å². The van der Waals surface area contributed by atoms with Crippen molar-refractivity contribution in [2.45, 2.75) is 51.1 Å². The molecule has 0 heterocycles. The van der Waals surface area contributed by atoms with Crippen molar-refractivity contribution < 1.29 is 28.8 Å². The summed E-state index contributed by atoms with van der Waals surface area (Å²) in [6.07, 6.45) is -2.43. The summed E-state index contributed by atoms with van der Waals surface area (Å²) in [7, 11) is -3.81. The summed E-state index contributed by atoms with van der Waals surface area (Å²) in [5.41, 5.74) is -3.57. The topological polar surface area (TPSA) is 115 Å². The molecule has 0 rings (SSSR count). The second-order valence-electron chi connectivity index (χ2n) is 5.10. The van der Waals surface area contributed by atoms with Gasteiger partial charge in [0.2, 0.25) is 0 Å². The van der Waals surface area contributed by atoms with Gasteiger partial charge in [-0.3, -0.25) is 0 Å². The first-order chi connectivity index (χ1) is 7.30. The lowest BCUT2D eigenvalue weighted by molar-refractivity contribution is -0.0401. The maximum atomic E-state index is 11.7. The van der Waals surface area contributed by atoms with Crippen LogP contribution in [0.1, 0.15) is 27.7 Å². The van der Waals surface area contributed by atoms with Crippen LogP contribution >= 0.6 is 0 Å². The first kappa shape index (κ1) is 16.8. The molecule has 4 N–H and O–H groups in total. The van der Waals surface area contributed by atoms with Crippen LogP contribution in [0, 0.1) is 0 Å². The van der Waals surface area contributed by atoms with Crippen LogP contribution in [0.2, 0.25) is 0 Å². The number of hydrogen-bond donors (Lipinski definition) is 4. The summed E-state index contributed by atoms with van der Waals surface area (Å²) in [6.45, 7) is 4.96. The zero-order chi connectivity index (χ0) is 14.1. The molecule has 4 unspecified atom stereocenters. The first-order valence-electron chi connectivity index (χ1n) is 5.31. The molecule has 0 aromatic heterocycles. The highest BCUT2D eigenvalue weighted by Crippen LogP contribution is 2.18. The average Bonchev–Trinajstić information content (AvgIpc) is 1.98. The molecule has 0 radical (unpaired) electrons. The van der Waals surface area contributed by atoms with E-state index in [2.05, 4.69) is 0 Å². The number of aliphatic hydroxyl groups is 4. The summed E-state index contributed by atoms with van der Waals surface area (Å²) in [4.78, 5) is 0. The van der Waals surface area contributed by atoms with Gasteiger partial charge in [-0.05, 0) is 27.7 Å². The highest BCUT2D eigenvalue weighted by Gasteiger charge is 2.38. The van der Waals surface area contributed by atoms with E-state index in [4.69, 9.17) is 0 Å². The molecule has 0 aliphatic heterocycles. The molecule has 0 aromatic carbocycles. The van der Waals surface area contributed by atoms with E-state index in [-0.39, 0.29) is 0 Å². The van der Waals surface area contributed by atoms with Crippen molar-refractivity contribution in [3.63, 3.8) is 0 Å². The second kappa shape index (κ2) is 5.19. The Kier molecular flexibility index (Phi) is 5.13. The van der Waals surface area contributed by atoms with Gasteiger partial charge in [0, 0.05) is 0 Å². The largest absolute Gasteiger partial charge is 0.390 e. The molecule has 6 nitrogen and oxygen atoms in total. The number of hydrogen-bond acceptors (Lipinski definition) is 6. The van der Waals surface area contributed by atoms with Crippen molar-refractivity contribution in [2.24, 2.45) is 0 Å². The molecule has 0 saturated heterocycles.